The molecule has 8 heteroatoms. The molecule has 1 aromatic rings. The predicted octanol–water partition coefficient (Wildman–Crippen LogP) is 2.93. The Bertz CT molecular complexity index is 552. The lowest BCUT2D eigenvalue weighted by molar-refractivity contribution is 0.114. The zero-order chi connectivity index (χ0) is 16.7. The molecule has 136 valence electrons. The monoisotopic (exact) mass is 513 g/mol. The van der Waals surface area contributed by atoms with E-state index in [9.17, 15) is 0 Å². The number of ether oxygens (including phenoxy) is 3. The number of methoxy groups -OCH3 is 2. The van der Waals surface area contributed by atoms with E-state index in [0.717, 1.165) is 42.0 Å². The van der Waals surface area contributed by atoms with Crippen LogP contribution in [0.3, 0.4) is 0 Å². The fraction of sp³-hybridized carbons (Fsp3) is 0.562. The highest BCUT2D eigenvalue weighted by Crippen LogP contribution is 2.36. The molecule has 0 saturated carbocycles. The van der Waals surface area contributed by atoms with Crippen LogP contribution in [0.4, 0.5) is 0 Å². The molecule has 2 rings (SSSR count). The summed E-state index contributed by atoms with van der Waals surface area (Å²) in [6.45, 7) is 2.26. The first kappa shape index (κ1) is 21.3. The maximum absolute atomic E-state index is 5.60. The summed E-state index contributed by atoms with van der Waals surface area (Å²) in [6, 6.07) is 3.95. The highest BCUT2D eigenvalue weighted by molar-refractivity contribution is 14.0. The molecule has 1 aliphatic heterocycles. The Morgan fingerprint density at radius 2 is 2.12 bits per heavy atom. The van der Waals surface area contributed by atoms with Crippen LogP contribution in [0.5, 0.6) is 11.5 Å². The first-order valence-electron chi connectivity index (χ1n) is 7.64. The molecule has 0 aromatic heterocycles. The van der Waals surface area contributed by atoms with Crippen LogP contribution in [0.1, 0.15) is 18.4 Å². The van der Waals surface area contributed by atoms with E-state index in [1.54, 1.807) is 21.3 Å². The van der Waals surface area contributed by atoms with Crippen molar-refractivity contribution in [2.45, 2.75) is 25.5 Å². The Morgan fingerprint density at radius 1 is 1.33 bits per heavy atom. The highest BCUT2D eigenvalue weighted by Gasteiger charge is 2.15. The van der Waals surface area contributed by atoms with Gasteiger partial charge in [-0.15, -0.1) is 24.0 Å². The van der Waals surface area contributed by atoms with E-state index in [2.05, 4.69) is 31.6 Å². The first-order valence-corrected chi connectivity index (χ1v) is 8.43. The summed E-state index contributed by atoms with van der Waals surface area (Å²) in [7, 11) is 5.01. The van der Waals surface area contributed by atoms with Gasteiger partial charge in [0.15, 0.2) is 17.5 Å². The standard InChI is InChI=1S/C16H24BrN3O3.HI/c1-18-16(20-10-12-5-4-6-23-12)19-9-11-7-13(17)15(22-3)14(8-11)21-2;/h7-8,12H,4-6,9-10H2,1-3H3,(H2,18,19,20);1H. The van der Waals surface area contributed by atoms with Crippen molar-refractivity contribution < 1.29 is 14.2 Å². The quantitative estimate of drug-likeness (QED) is 0.348. The van der Waals surface area contributed by atoms with Gasteiger partial charge in [0.1, 0.15) is 0 Å². The summed E-state index contributed by atoms with van der Waals surface area (Å²) in [5.74, 6) is 2.14. The second-order valence-corrected chi connectivity index (χ2v) is 6.11. The van der Waals surface area contributed by atoms with Crippen molar-refractivity contribution in [3.8, 4) is 11.5 Å². The van der Waals surface area contributed by atoms with Gasteiger partial charge in [-0.1, -0.05) is 0 Å². The Labute approximate surface area is 168 Å². The topological polar surface area (TPSA) is 64.1 Å². The molecule has 1 saturated heterocycles. The summed E-state index contributed by atoms with van der Waals surface area (Å²) in [4.78, 5) is 4.23. The van der Waals surface area contributed by atoms with Crippen LogP contribution in [-0.2, 0) is 11.3 Å². The van der Waals surface area contributed by atoms with Crippen LogP contribution in [-0.4, -0.2) is 46.5 Å². The SMILES string of the molecule is CN=C(NCc1cc(Br)c(OC)c(OC)c1)NCC1CCCO1.I. The lowest BCUT2D eigenvalue weighted by Gasteiger charge is -2.16. The third kappa shape index (κ3) is 5.96. The minimum Gasteiger partial charge on any atom is -0.493 e. The van der Waals surface area contributed by atoms with Gasteiger partial charge in [-0.3, -0.25) is 4.99 Å². The maximum atomic E-state index is 5.60. The summed E-state index contributed by atoms with van der Waals surface area (Å²) < 4.78 is 17.1. The molecule has 1 heterocycles. The molecular formula is C16H25BrIN3O3. The molecule has 2 N–H and O–H groups in total. The van der Waals surface area contributed by atoms with E-state index in [4.69, 9.17) is 14.2 Å². The second kappa shape index (κ2) is 11.0. The lowest BCUT2D eigenvalue weighted by Crippen LogP contribution is -2.40. The first-order chi connectivity index (χ1) is 11.2. The summed E-state index contributed by atoms with van der Waals surface area (Å²) in [5.41, 5.74) is 1.06. The van der Waals surface area contributed by atoms with E-state index in [-0.39, 0.29) is 30.1 Å². The van der Waals surface area contributed by atoms with E-state index in [1.165, 1.54) is 0 Å². The third-order valence-corrected chi connectivity index (χ3v) is 4.29. The zero-order valence-corrected chi connectivity index (χ0v) is 18.1. The maximum Gasteiger partial charge on any atom is 0.191 e. The predicted molar refractivity (Wildman–Crippen MR) is 110 cm³/mol. The molecule has 0 spiro atoms. The number of halogens is 2. The van der Waals surface area contributed by atoms with Gasteiger partial charge in [0.25, 0.3) is 0 Å². The largest absolute Gasteiger partial charge is 0.493 e. The zero-order valence-electron chi connectivity index (χ0n) is 14.2. The molecule has 0 radical (unpaired) electrons. The van der Waals surface area contributed by atoms with Crippen molar-refractivity contribution in [3.63, 3.8) is 0 Å². The van der Waals surface area contributed by atoms with Crippen molar-refractivity contribution in [1.82, 2.24) is 10.6 Å². The van der Waals surface area contributed by atoms with Crippen molar-refractivity contribution in [2.75, 3.05) is 34.4 Å². The lowest BCUT2D eigenvalue weighted by atomic mass is 10.2. The highest BCUT2D eigenvalue weighted by atomic mass is 127. The van der Waals surface area contributed by atoms with Crippen molar-refractivity contribution in [1.29, 1.82) is 0 Å². The van der Waals surface area contributed by atoms with Crippen molar-refractivity contribution in [3.05, 3.63) is 22.2 Å². The Kier molecular flexibility index (Phi) is 9.75. The number of benzene rings is 1. The molecule has 0 amide bonds. The number of hydrogen-bond acceptors (Lipinski definition) is 4. The number of rotatable bonds is 6. The number of hydrogen-bond donors (Lipinski definition) is 2. The average molecular weight is 514 g/mol. The average Bonchev–Trinajstić information content (AvgIpc) is 3.07. The van der Waals surface area contributed by atoms with E-state index in [0.29, 0.717) is 18.0 Å². The molecular weight excluding hydrogens is 489 g/mol. The van der Waals surface area contributed by atoms with Crippen LogP contribution in [0.2, 0.25) is 0 Å². The summed E-state index contributed by atoms with van der Waals surface area (Å²) >= 11 is 3.50. The molecule has 0 bridgehead atoms. The van der Waals surface area contributed by atoms with Crippen LogP contribution in [0.15, 0.2) is 21.6 Å². The third-order valence-electron chi connectivity index (χ3n) is 3.70. The van der Waals surface area contributed by atoms with Gasteiger partial charge in [0, 0.05) is 26.7 Å². The molecule has 1 atom stereocenters. The number of nitrogens with zero attached hydrogens (tertiary/aromatic N) is 1. The van der Waals surface area contributed by atoms with Crippen LogP contribution in [0, 0.1) is 0 Å². The molecule has 1 aliphatic rings. The Balaban J connectivity index is 0.00000288. The number of aliphatic imine (C=N–C) groups is 1. The molecule has 6 nitrogen and oxygen atoms in total. The smallest absolute Gasteiger partial charge is 0.191 e. The van der Waals surface area contributed by atoms with Gasteiger partial charge in [0.2, 0.25) is 0 Å². The summed E-state index contributed by atoms with van der Waals surface area (Å²) in [6.07, 6.45) is 2.52. The number of nitrogens with one attached hydrogen (secondary N) is 2. The molecule has 1 unspecified atom stereocenters. The van der Waals surface area contributed by atoms with E-state index >= 15 is 0 Å². The van der Waals surface area contributed by atoms with Gasteiger partial charge in [-0.25, -0.2) is 0 Å². The second-order valence-electron chi connectivity index (χ2n) is 5.25. The Morgan fingerprint density at radius 3 is 2.71 bits per heavy atom. The molecule has 1 fully saturated rings. The van der Waals surface area contributed by atoms with Gasteiger partial charge in [-0.05, 0) is 46.5 Å². The van der Waals surface area contributed by atoms with Crippen LogP contribution < -0.4 is 20.1 Å². The van der Waals surface area contributed by atoms with Crippen LogP contribution >= 0.6 is 39.9 Å². The van der Waals surface area contributed by atoms with Crippen LogP contribution in [0.25, 0.3) is 0 Å². The van der Waals surface area contributed by atoms with Gasteiger partial charge in [0.05, 0.1) is 24.8 Å². The fourth-order valence-corrected chi connectivity index (χ4v) is 3.15. The fourth-order valence-electron chi connectivity index (χ4n) is 2.50. The van der Waals surface area contributed by atoms with Crippen molar-refractivity contribution in [2.24, 2.45) is 4.99 Å². The minimum absolute atomic E-state index is 0. The molecule has 1 aromatic carbocycles. The molecule has 0 aliphatic carbocycles. The van der Waals surface area contributed by atoms with E-state index in [1.807, 2.05) is 12.1 Å². The molecule has 24 heavy (non-hydrogen) atoms. The normalized spacial score (nSPS) is 17.2. The van der Waals surface area contributed by atoms with E-state index < -0.39 is 0 Å². The van der Waals surface area contributed by atoms with Crippen molar-refractivity contribution >= 4 is 45.9 Å². The van der Waals surface area contributed by atoms with Gasteiger partial charge in [-0.2, -0.15) is 0 Å². The Hall–Kier alpha value is -0.740. The number of guanidine groups is 1. The van der Waals surface area contributed by atoms with Gasteiger partial charge < -0.3 is 24.8 Å². The minimum atomic E-state index is 0. The summed E-state index contributed by atoms with van der Waals surface area (Å²) in [5, 5.41) is 6.59. The van der Waals surface area contributed by atoms with Gasteiger partial charge >= 0.3 is 0 Å².